The minimum absolute atomic E-state index is 0.164. The van der Waals surface area contributed by atoms with E-state index in [1.54, 1.807) is 11.3 Å². The molecular weight excluding hydrogens is 330 g/mol. The Morgan fingerprint density at radius 3 is 2.74 bits per heavy atom. The molecule has 1 saturated carbocycles. The van der Waals surface area contributed by atoms with E-state index < -0.39 is 0 Å². The van der Waals surface area contributed by atoms with Crippen LogP contribution in [0.1, 0.15) is 31.2 Å². The number of nitrogens with one attached hydrogen (secondary N) is 1. The number of piperidine rings is 1. The second-order valence-electron chi connectivity index (χ2n) is 6.61. The van der Waals surface area contributed by atoms with Gasteiger partial charge in [-0.15, -0.1) is 0 Å². The van der Waals surface area contributed by atoms with E-state index in [0.717, 1.165) is 64.7 Å². The zero-order valence-corrected chi connectivity index (χ0v) is 14.7. The average molecular weight is 350 g/mol. The smallest absolute Gasteiger partial charge is 0.223 e. The lowest BCUT2D eigenvalue weighted by Gasteiger charge is -2.31. The number of carbonyl (C=O) groups excluding carboxylic acids is 1. The quantitative estimate of drug-likeness (QED) is 0.917. The molecule has 1 N–H and O–H groups in total. The fraction of sp³-hybridized carbons (Fsp3) is 0.529. The molecule has 4 rings (SSSR count). The summed E-state index contributed by atoms with van der Waals surface area (Å²) < 4.78 is 1.14. The van der Waals surface area contributed by atoms with E-state index in [0.29, 0.717) is 6.04 Å². The first-order chi connectivity index (χ1) is 11.1. The van der Waals surface area contributed by atoms with Gasteiger partial charge in [0.2, 0.25) is 5.91 Å². The van der Waals surface area contributed by atoms with Crippen molar-refractivity contribution in [2.24, 2.45) is 5.92 Å². The number of aromatic nitrogens is 1. The van der Waals surface area contributed by atoms with Crippen LogP contribution in [-0.2, 0) is 4.79 Å². The lowest BCUT2D eigenvalue weighted by molar-refractivity contribution is -0.125. The summed E-state index contributed by atoms with van der Waals surface area (Å²) in [5, 5.41) is 4.94. The number of thiazole rings is 1. The van der Waals surface area contributed by atoms with Crippen LogP contribution in [0.25, 0.3) is 10.2 Å². The molecule has 2 heterocycles. The van der Waals surface area contributed by atoms with Crippen LogP contribution in [0.15, 0.2) is 12.1 Å². The monoisotopic (exact) mass is 349 g/mol. The molecule has 1 amide bonds. The second-order valence-corrected chi connectivity index (χ2v) is 8.06. The minimum Gasteiger partial charge on any atom is -0.353 e. The molecule has 2 aliphatic rings. The maximum absolute atomic E-state index is 12.2. The van der Waals surface area contributed by atoms with Crippen molar-refractivity contribution in [3.05, 3.63) is 22.7 Å². The van der Waals surface area contributed by atoms with Crippen LogP contribution >= 0.6 is 22.9 Å². The van der Waals surface area contributed by atoms with E-state index >= 15 is 0 Å². The number of rotatable bonds is 3. The zero-order chi connectivity index (χ0) is 16.0. The molecule has 2 aromatic rings. The van der Waals surface area contributed by atoms with Crippen molar-refractivity contribution in [2.45, 2.75) is 38.6 Å². The van der Waals surface area contributed by atoms with Crippen LogP contribution in [0.3, 0.4) is 0 Å². The Kier molecular flexibility index (Phi) is 3.93. The second kappa shape index (κ2) is 5.95. The Bertz CT molecular complexity index is 748. The van der Waals surface area contributed by atoms with Gasteiger partial charge in [0.1, 0.15) is 0 Å². The van der Waals surface area contributed by atoms with Crippen LogP contribution in [0.2, 0.25) is 5.02 Å². The number of nitrogens with zero attached hydrogens (tertiary/aromatic N) is 2. The van der Waals surface area contributed by atoms with Gasteiger partial charge in [-0.2, -0.15) is 0 Å². The van der Waals surface area contributed by atoms with Crippen molar-refractivity contribution in [2.75, 3.05) is 18.0 Å². The predicted molar refractivity (Wildman–Crippen MR) is 95.5 cm³/mol. The van der Waals surface area contributed by atoms with E-state index in [1.165, 1.54) is 0 Å². The SMILES string of the molecule is Cc1cc(Cl)cc2sc(N3CCC(C(=O)NC4CC4)CC3)nc12. The summed E-state index contributed by atoms with van der Waals surface area (Å²) in [6, 6.07) is 4.40. The maximum atomic E-state index is 12.2. The first kappa shape index (κ1) is 15.2. The number of halogens is 1. The summed E-state index contributed by atoms with van der Waals surface area (Å²) in [5.41, 5.74) is 2.16. The molecule has 0 unspecified atom stereocenters. The predicted octanol–water partition coefficient (Wildman–Crippen LogP) is 3.75. The normalized spacial score (nSPS) is 19.3. The Morgan fingerprint density at radius 2 is 2.04 bits per heavy atom. The van der Waals surface area contributed by atoms with Gasteiger partial charge in [0, 0.05) is 30.1 Å². The zero-order valence-electron chi connectivity index (χ0n) is 13.1. The fourth-order valence-corrected chi connectivity index (χ4v) is 4.63. The summed E-state index contributed by atoms with van der Waals surface area (Å²) in [4.78, 5) is 19.3. The van der Waals surface area contributed by atoms with Crippen molar-refractivity contribution < 1.29 is 4.79 Å². The van der Waals surface area contributed by atoms with E-state index in [1.807, 2.05) is 19.1 Å². The van der Waals surface area contributed by atoms with Crippen molar-refractivity contribution in [3.8, 4) is 0 Å². The van der Waals surface area contributed by atoms with Crippen LogP contribution < -0.4 is 10.2 Å². The van der Waals surface area contributed by atoms with Gasteiger partial charge >= 0.3 is 0 Å². The van der Waals surface area contributed by atoms with E-state index in [-0.39, 0.29) is 11.8 Å². The van der Waals surface area contributed by atoms with Crippen LogP contribution in [0, 0.1) is 12.8 Å². The highest BCUT2D eigenvalue weighted by Gasteiger charge is 2.30. The van der Waals surface area contributed by atoms with E-state index in [4.69, 9.17) is 16.6 Å². The molecule has 2 fully saturated rings. The van der Waals surface area contributed by atoms with Gasteiger partial charge in [-0.05, 0) is 50.3 Å². The van der Waals surface area contributed by atoms with Gasteiger partial charge in [-0.25, -0.2) is 4.98 Å². The highest BCUT2D eigenvalue weighted by atomic mass is 35.5. The molecule has 0 radical (unpaired) electrons. The number of benzene rings is 1. The number of fused-ring (bicyclic) bond motifs is 1. The van der Waals surface area contributed by atoms with Gasteiger partial charge in [-0.3, -0.25) is 4.79 Å². The third-order valence-corrected chi connectivity index (χ3v) is 5.98. The molecule has 1 saturated heterocycles. The molecule has 6 heteroatoms. The maximum Gasteiger partial charge on any atom is 0.223 e. The highest BCUT2D eigenvalue weighted by molar-refractivity contribution is 7.22. The molecule has 1 aliphatic heterocycles. The molecule has 4 nitrogen and oxygen atoms in total. The number of anilines is 1. The first-order valence-electron chi connectivity index (χ1n) is 8.22. The van der Waals surface area contributed by atoms with Crippen molar-refractivity contribution in [1.82, 2.24) is 10.3 Å². The van der Waals surface area contributed by atoms with Gasteiger partial charge in [0.15, 0.2) is 5.13 Å². The summed E-state index contributed by atoms with van der Waals surface area (Å²) in [6.07, 6.45) is 4.12. The third-order valence-electron chi connectivity index (χ3n) is 4.70. The van der Waals surface area contributed by atoms with Crippen LogP contribution in [0.5, 0.6) is 0 Å². The Hall–Kier alpha value is -1.33. The lowest BCUT2D eigenvalue weighted by atomic mass is 9.96. The summed E-state index contributed by atoms with van der Waals surface area (Å²) in [6.45, 7) is 3.84. The molecule has 122 valence electrons. The van der Waals surface area contributed by atoms with Crippen LogP contribution in [-0.4, -0.2) is 30.0 Å². The Labute approximate surface area is 144 Å². The molecule has 0 bridgehead atoms. The Balaban J connectivity index is 1.45. The molecular formula is C17H20ClN3OS. The molecule has 0 spiro atoms. The summed E-state index contributed by atoms with van der Waals surface area (Å²) in [7, 11) is 0. The molecule has 1 aliphatic carbocycles. The van der Waals surface area contributed by atoms with Gasteiger partial charge in [-0.1, -0.05) is 22.9 Å². The largest absolute Gasteiger partial charge is 0.353 e. The fourth-order valence-electron chi connectivity index (χ4n) is 3.16. The topological polar surface area (TPSA) is 45.2 Å². The number of hydrogen-bond donors (Lipinski definition) is 1. The molecule has 23 heavy (non-hydrogen) atoms. The number of carbonyl (C=O) groups is 1. The van der Waals surface area contributed by atoms with E-state index in [2.05, 4.69) is 10.2 Å². The number of aryl methyl sites for hydroxylation is 1. The first-order valence-corrected chi connectivity index (χ1v) is 9.41. The minimum atomic E-state index is 0.164. The van der Waals surface area contributed by atoms with Gasteiger partial charge in [0.25, 0.3) is 0 Å². The third kappa shape index (κ3) is 3.17. The Morgan fingerprint density at radius 1 is 1.30 bits per heavy atom. The average Bonchev–Trinajstić information content (AvgIpc) is 3.23. The van der Waals surface area contributed by atoms with Crippen LogP contribution in [0.4, 0.5) is 5.13 Å². The summed E-state index contributed by atoms with van der Waals surface area (Å²) >= 11 is 7.83. The number of amides is 1. The molecule has 0 atom stereocenters. The highest BCUT2D eigenvalue weighted by Crippen LogP contribution is 2.34. The lowest BCUT2D eigenvalue weighted by Crippen LogP contribution is -2.41. The van der Waals surface area contributed by atoms with E-state index in [9.17, 15) is 4.79 Å². The van der Waals surface area contributed by atoms with Crippen molar-refractivity contribution in [3.63, 3.8) is 0 Å². The molecule has 1 aromatic carbocycles. The number of hydrogen-bond acceptors (Lipinski definition) is 4. The van der Waals surface area contributed by atoms with Gasteiger partial charge < -0.3 is 10.2 Å². The standard InChI is InChI=1S/C17H20ClN3OS/c1-10-8-12(18)9-14-15(10)20-17(23-14)21-6-4-11(5-7-21)16(22)19-13-2-3-13/h8-9,11,13H,2-7H2,1H3,(H,19,22). The summed E-state index contributed by atoms with van der Waals surface area (Å²) in [5.74, 6) is 0.413. The molecule has 1 aromatic heterocycles. The van der Waals surface area contributed by atoms with Crippen molar-refractivity contribution >= 4 is 44.2 Å². The van der Waals surface area contributed by atoms with Gasteiger partial charge in [0.05, 0.1) is 10.2 Å². The van der Waals surface area contributed by atoms with Crippen molar-refractivity contribution in [1.29, 1.82) is 0 Å².